The molecule has 4 atom stereocenters. The topological polar surface area (TPSA) is 209 Å². The maximum absolute atomic E-state index is 14.1. The molecule has 2 aliphatic heterocycles. The second kappa shape index (κ2) is 22.1. The summed E-state index contributed by atoms with van der Waals surface area (Å²) in [5.41, 5.74) is 7.04. The van der Waals surface area contributed by atoms with Crippen molar-refractivity contribution in [1.29, 1.82) is 0 Å². The molecule has 2 aromatic rings. The van der Waals surface area contributed by atoms with Crippen LogP contribution in [0.2, 0.25) is 0 Å². The first-order valence-corrected chi connectivity index (χ1v) is 20.8. The van der Waals surface area contributed by atoms with Gasteiger partial charge in [-0.05, 0) is 62.1 Å². The third kappa shape index (κ3) is 12.5. The summed E-state index contributed by atoms with van der Waals surface area (Å²) in [6.45, 7) is 2.68. The maximum Gasteiger partial charge on any atom is 0.287 e. The average Bonchev–Trinajstić information content (AvgIpc) is 3.84. The van der Waals surface area contributed by atoms with Crippen LogP contribution in [0.3, 0.4) is 0 Å². The normalized spacial score (nSPS) is 18.4. The number of amides is 6. The van der Waals surface area contributed by atoms with E-state index < -0.39 is 29.7 Å². The highest BCUT2D eigenvalue weighted by molar-refractivity contribution is 6.38. The van der Waals surface area contributed by atoms with Crippen molar-refractivity contribution in [3.8, 4) is 0 Å². The van der Waals surface area contributed by atoms with Crippen LogP contribution in [0.25, 0.3) is 0 Å². The first-order valence-electron chi connectivity index (χ1n) is 20.8. The molecule has 2 aromatic carbocycles. The molecule has 14 nitrogen and oxygen atoms in total. The molecule has 1 saturated carbocycles. The molecule has 1 saturated heterocycles. The van der Waals surface area contributed by atoms with Crippen LogP contribution in [-0.2, 0) is 30.4 Å². The third-order valence-corrected chi connectivity index (χ3v) is 11.4. The second-order valence-corrected chi connectivity index (χ2v) is 15.6. The maximum atomic E-state index is 14.1. The molecular weight excluding hydrogens is 727 g/mol. The van der Waals surface area contributed by atoms with E-state index in [1.807, 2.05) is 6.07 Å². The number of benzene rings is 2. The van der Waals surface area contributed by atoms with Crippen LogP contribution >= 0.6 is 0 Å². The van der Waals surface area contributed by atoms with E-state index in [4.69, 9.17) is 5.73 Å². The van der Waals surface area contributed by atoms with Crippen LogP contribution in [0, 0.1) is 11.8 Å². The van der Waals surface area contributed by atoms with Crippen molar-refractivity contribution in [2.45, 2.75) is 108 Å². The highest BCUT2D eigenvalue weighted by Gasteiger charge is 2.36. The van der Waals surface area contributed by atoms with Gasteiger partial charge in [-0.1, -0.05) is 87.4 Å². The Kier molecular flexibility index (Phi) is 16.7. The van der Waals surface area contributed by atoms with E-state index in [1.165, 1.54) is 4.90 Å². The van der Waals surface area contributed by atoms with E-state index in [2.05, 4.69) is 26.6 Å². The minimum atomic E-state index is -1.21. The fourth-order valence-electron chi connectivity index (χ4n) is 8.25. The molecule has 0 radical (unpaired) electrons. The van der Waals surface area contributed by atoms with E-state index >= 15 is 0 Å². The molecule has 7 N–H and O–H groups in total. The van der Waals surface area contributed by atoms with Gasteiger partial charge in [-0.15, -0.1) is 0 Å². The smallest absolute Gasteiger partial charge is 0.287 e. The molecule has 0 spiro atoms. The number of hydrogen-bond donors (Lipinski definition) is 6. The Bertz CT molecular complexity index is 1670. The summed E-state index contributed by atoms with van der Waals surface area (Å²) in [5.74, 6) is -3.56. The standard InChI is InChI=1S/C43H59N7O7/c44-38(52)37(51)35(27-29-15-6-5-7-16-29)49-41(55)34(22-14-23-47-40(54)36-28-45-24-25-46-36)48-39(53)31(30-17-9-10-18-30)19-8-3-1-2-4-13-26-50-42(56)32-20-11-12-21-33(32)43(50)57/h5-7,11-12,15-16,20-21,30-31,34-36,45-46H,1-4,8-10,13-14,17-19,22-28H2,(H2,44,52)(H,47,54)(H,48,53)(H,49,55)/t31?,34-,35-,36?/m0/s1. The van der Waals surface area contributed by atoms with Crippen LogP contribution in [-0.4, -0.2) is 97.0 Å². The van der Waals surface area contributed by atoms with E-state index in [-0.39, 0.29) is 60.9 Å². The number of nitrogens with zero attached hydrogens (tertiary/aromatic N) is 1. The summed E-state index contributed by atoms with van der Waals surface area (Å²) in [6.07, 6.45) is 10.6. The number of nitrogens with two attached hydrogens (primary N) is 1. The van der Waals surface area contributed by atoms with E-state index in [9.17, 15) is 33.6 Å². The number of piperazine rings is 1. The van der Waals surface area contributed by atoms with Gasteiger partial charge >= 0.3 is 0 Å². The van der Waals surface area contributed by atoms with E-state index in [0.717, 1.165) is 76.3 Å². The predicted molar refractivity (Wildman–Crippen MR) is 215 cm³/mol. The van der Waals surface area contributed by atoms with Crippen LogP contribution in [0.4, 0.5) is 0 Å². The van der Waals surface area contributed by atoms with Gasteiger partial charge in [0.2, 0.25) is 23.5 Å². The van der Waals surface area contributed by atoms with E-state index in [1.54, 1.807) is 48.5 Å². The van der Waals surface area contributed by atoms with Gasteiger partial charge in [0.25, 0.3) is 17.7 Å². The first kappa shape index (κ1) is 43.2. The van der Waals surface area contributed by atoms with Gasteiger partial charge in [-0.25, -0.2) is 0 Å². The lowest BCUT2D eigenvalue weighted by atomic mass is 9.85. The highest BCUT2D eigenvalue weighted by Crippen LogP contribution is 2.34. The minimum Gasteiger partial charge on any atom is -0.363 e. The lowest BCUT2D eigenvalue weighted by molar-refractivity contribution is -0.139. The van der Waals surface area contributed by atoms with Crippen molar-refractivity contribution in [3.05, 3.63) is 71.3 Å². The van der Waals surface area contributed by atoms with Crippen LogP contribution in [0.15, 0.2) is 54.6 Å². The first-order chi connectivity index (χ1) is 27.6. The molecular formula is C43H59N7O7. The number of imide groups is 1. The zero-order chi connectivity index (χ0) is 40.6. The highest BCUT2D eigenvalue weighted by atomic mass is 16.2. The van der Waals surface area contributed by atoms with Crippen molar-refractivity contribution >= 4 is 41.2 Å². The fourth-order valence-corrected chi connectivity index (χ4v) is 8.25. The van der Waals surface area contributed by atoms with Gasteiger partial charge in [-0.2, -0.15) is 0 Å². The number of nitrogens with one attached hydrogen (secondary N) is 5. The summed E-state index contributed by atoms with van der Waals surface area (Å²) >= 11 is 0. The number of hydrogen-bond acceptors (Lipinski definition) is 9. The number of Topliss-reactive ketones (excluding diaryl/α,β-unsaturated/α-hetero) is 1. The molecule has 0 bridgehead atoms. The van der Waals surface area contributed by atoms with Gasteiger partial charge in [0.15, 0.2) is 0 Å². The molecule has 0 aromatic heterocycles. The molecule has 57 heavy (non-hydrogen) atoms. The SMILES string of the molecule is NC(=O)C(=O)[C@H](Cc1ccccc1)NC(=O)[C@H](CCCNC(=O)C1CNCCN1)NC(=O)C(CCCCCCCCN1C(=O)c2ccccc2C1=O)C1CCCC1. The molecule has 2 heterocycles. The molecule has 2 fully saturated rings. The van der Waals surface area contributed by atoms with E-state index in [0.29, 0.717) is 43.6 Å². The van der Waals surface area contributed by atoms with Crippen LogP contribution in [0.1, 0.15) is 110 Å². The summed E-state index contributed by atoms with van der Waals surface area (Å²) in [6, 6.07) is 13.3. The Labute approximate surface area is 335 Å². The number of carbonyl (C=O) groups is 7. The third-order valence-electron chi connectivity index (χ3n) is 11.4. The van der Waals surface area contributed by atoms with Crippen molar-refractivity contribution in [2.24, 2.45) is 17.6 Å². The monoisotopic (exact) mass is 785 g/mol. The summed E-state index contributed by atoms with van der Waals surface area (Å²) in [7, 11) is 0. The predicted octanol–water partition coefficient (Wildman–Crippen LogP) is 2.54. The molecule has 6 amide bonds. The Morgan fingerprint density at radius 1 is 0.737 bits per heavy atom. The zero-order valence-corrected chi connectivity index (χ0v) is 32.9. The molecule has 2 unspecified atom stereocenters. The number of fused-ring (bicyclic) bond motifs is 1. The summed E-state index contributed by atoms with van der Waals surface area (Å²) in [5, 5.41) is 15.0. The van der Waals surface area contributed by atoms with Crippen molar-refractivity contribution in [3.63, 3.8) is 0 Å². The number of unbranched alkanes of at least 4 members (excludes halogenated alkanes) is 5. The van der Waals surface area contributed by atoms with Crippen molar-refractivity contribution in [2.75, 3.05) is 32.7 Å². The fraction of sp³-hybridized carbons (Fsp3) is 0.558. The van der Waals surface area contributed by atoms with Crippen LogP contribution in [0.5, 0.6) is 0 Å². The van der Waals surface area contributed by atoms with Gasteiger partial charge < -0.3 is 32.3 Å². The molecule has 3 aliphatic rings. The largest absolute Gasteiger partial charge is 0.363 e. The molecule has 308 valence electrons. The van der Waals surface area contributed by atoms with Gasteiger partial charge in [-0.3, -0.25) is 38.5 Å². The number of ketones is 1. The molecule has 14 heteroatoms. The average molecular weight is 786 g/mol. The lowest BCUT2D eigenvalue weighted by Crippen LogP contribution is -2.56. The van der Waals surface area contributed by atoms with Gasteiger partial charge in [0, 0.05) is 45.1 Å². The Hall–Kier alpha value is -4.95. The zero-order valence-electron chi connectivity index (χ0n) is 32.9. The summed E-state index contributed by atoms with van der Waals surface area (Å²) in [4.78, 5) is 92.2. The quantitative estimate of drug-likeness (QED) is 0.0555. The number of primary amides is 1. The number of rotatable bonds is 23. The molecule has 5 rings (SSSR count). The Balaban J connectivity index is 1.14. The van der Waals surface area contributed by atoms with Crippen LogP contribution < -0.4 is 32.3 Å². The number of carbonyl (C=O) groups excluding carboxylic acids is 7. The van der Waals surface area contributed by atoms with Gasteiger partial charge in [0.05, 0.1) is 17.2 Å². The Morgan fingerprint density at radius 3 is 2.02 bits per heavy atom. The minimum absolute atomic E-state index is 0.0565. The van der Waals surface area contributed by atoms with Gasteiger partial charge in [0.1, 0.15) is 12.1 Å². The lowest BCUT2D eigenvalue weighted by Gasteiger charge is -2.27. The molecule has 1 aliphatic carbocycles. The van der Waals surface area contributed by atoms with Crippen molar-refractivity contribution < 1.29 is 33.6 Å². The summed E-state index contributed by atoms with van der Waals surface area (Å²) < 4.78 is 0. The Morgan fingerprint density at radius 2 is 1.37 bits per heavy atom. The second-order valence-electron chi connectivity index (χ2n) is 15.6. The van der Waals surface area contributed by atoms with Crippen molar-refractivity contribution in [1.82, 2.24) is 31.5 Å².